The smallest absolute Gasteiger partial charge is 0.133 e. The molecule has 0 fully saturated rings. The van der Waals surface area contributed by atoms with Crippen molar-refractivity contribution in [2.24, 2.45) is 0 Å². The van der Waals surface area contributed by atoms with Crippen molar-refractivity contribution >= 4 is 43.6 Å². The number of fused-ring (bicyclic) bond motifs is 6. The fourth-order valence-electron chi connectivity index (χ4n) is 9.80. The third-order valence-electron chi connectivity index (χ3n) is 12.9. The van der Waals surface area contributed by atoms with Gasteiger partial charge in [-0.25, -0.2) is 8.78 Å². The number of hydrogen-bond acceptors (Lipinski definition) is 1. The van der Waals surface area contributed by atoms with E-state index in [-0.39, 0.29) is 5.56 Å². The van der Waals surface area contributed by atoms with Gasteiger partial charge in [-0.05, 0) is 123 Å². The van der Waals surface area contributed by atoms with Crippen molar-refractivity contribution in [2.45, 2.75) is 0 Å². The molecule has 2 aromatic heterocycles. The summed E-state index contributed by atoms with van der Waals surface area (Å²) in [7, 11) is 0. The van der Waals surface area contributed by atoms with Gasteiger partial charge in [-0.2, -0.15) is 5.26 Å². The Labute approximate surface area is 379 Å². The van der Waals surface area contributed by atoms with Crippen LogP contribution in [0.1, 0.15) is 5.56 Å². The van der Waals surface area contributed by atoms with E-state index in [1.54, 1.807) is 12.1 Å². The molecule has 3 nitrogen and oxygen atoms in total. The molecule has 12 aromatic rings. The first-order valence-electron chi connectivity index (χ1n) is 21.9. The van der Waals surface area contributed by atoms with Crippen LogP contribution in [0.25, 0.3) is 111 Å². The summed E-state index contributed by atoms with van der Waals surface area (Å²) < 4.78 is 36.5. The van der Waals surface area contributed by atoms with Crippen molar-refractivity contribution < 1.29 is 8.78 Å². The summed E-state index contributed by atoms with van der Waals surface area (Å²) in [5.41, 5.74) is 13.4. The van der Waals surface area contributed by atoms with Crippen molar-refractivity contribution in [2.75, 3.05) is 0 Å². The van der Waals surface area contributed by atoms with Crippen LogP contribution in [0.4, 0.5) is 8.78 Å². The molecular formula is C61H37F2N3. The van der Waals surface area contributed by atoms with E-state index in [2.05, 4.69) is 137 Å². The summed E-state index contributed by atoms with van der Waals surface area (Å²) in [6.07, 6.45) is 0. The van der Waals surface area contributed by atoms with Crippen LogP contribution < -0.4 is 0 Å². The van der Waals surface area contributed by atoms with Crippen LogP contribution in [0.2, 0.25) is 0 Å². The SMILES string of the molecule is N#Cc1c(-n2c3ccc(-c4ccccc4)cc3c3cc(-c4ccccc4)ccc32)cc(-c2c(F)cccc2F)cc1-n1c2ccc(-c3ccccc3)cc2c2cc(-c3ccccc3)ccc21. The quantitative estimate of drug-likeness (QED) is 0.157. The average molecular weight is 850 g/mol. The predicted molar refractivity (Wildman–Crippen MR) is 267 cm³/mol. The third kappa shape index (κ3) is 6.38. The van der Waals surface area contributed by atoms with Gasteiger partial charge in [0.05, 0.1) is 39.0 Å². The molecule has 0 aliphatic heterocycles. The van der Waals surface area contributed by atoms with Crippen molar-refractivity contribution in [3.05, 3.63) is 242 Å². The lowest BCUT2D eigenvalue weighted by Crippen LogP contribution is -2.06. The van der Waals surface area contributed by atoms with Crippen molar-refractivity contribution in [3.63, 3.8) is 0 Å². The molecule has 5 heteroatoms. The molecule has 0 aliphatic carbocycles. The van der Waals surface area contributed by atoms with Gasteiger partial charge < -0.3 is 9.13 Å². The van der Waals surface area contributed by atoms with E-state index in [4.69, 9.17) is 0 Å². The summed E-state index contributed by atoms with van der Waals surface area (Å²) in [4.78, 5) is 0. The first kappa shape index (κ1) is 38.8. The van der Waals surface area contributed by atoms with Crippen molar-refractivity contribution in [1.29, 1.82) is 5.26 Å². The molecule has 0 saturated carbocycles. The molecule has 0 aliphatic rings. The van der Waals surface area contributed by atoms with Crippen LogP contribution in [0.3, 0.4) is 0 Å². The van der Waals surface area contributed by atoms with E-state index in [0.29, 0.717) is 22.5 Å². The highest BCUT2D eigenvalue weighted by Gasteiger charge is 2.25. The van der Waals surface area contributed by atoms with E-state index >= 15 is 8.78 Å². The van der Waals surface area contributed by atoms with Crippen molar-refractivity contribution in [1.82, 2.24) is 9.13 Å². The maximum Gasteiger partial charge on any atom is 0.133 e. The lowest BCUT2D eigenvalue weighted by atomic mass is 9.98. The molecule has 12 rings (SSSR count). The van der Waals surface area contributed by atoms with E-state index in [0.717, 1.165) is 88.1 Å². The minimum atomic E-state index is -0.693. The largest absolute Gasteiger partial charge is 0.308 e. The second kappa shape index (κ2) is 15.7. The Balaban J connectivity index is 1.20. The first-order valence-corrected chi connectivity index (χ1v) is 21.9. The zero-order chi connectivity index (χ0) is 44.3. The zero-order valence-corrected chi connectivity index (χ0v) is 35.5. The van der Waals surface area contributed by atoms with Gasteiger partial charge in [0.1, 0.15) is 23.3 Å². The van der Waals surface area contributed by atoms with Crippen LogP contribution in [0.15, 0.2) is 224 Å². The summed E-state index contributed by atoms with van der Waals surface area (Å²) >= 11 is 0. The summed E-state index contributed by atoms with van der Waals surface area (Å²) in [6.45, 7) is 0. The second-order valence-electron chi connectivity index (χ2n) is 16.7. The van der Waals surface area contributed by atoms with E-state index in [1.165, 1.54) is 18.2 Å². The third-order valence-corrected chi connectivity index (χ3v) is 12.9. The van der Waals surface area contributed by atoms with Crippen LogP contribution in [0, 0.1) is 23.0 Å². The maximum absolute atomic E-state index is 16.2. The van der Waals surface area contributed by atoms with Gasteiger partial charge in [-0.1, -0.05) is 152 Å². The standard InChI is InChI=1S/C61H37F2N3/c62-53-22-13-23-54(63)61(53)47-36-59(65-55-28-24-43(39-14-5-1-6-15-39)32-48(55)49-33-44(25-29-56(49)65)40-16-7-2-8-17-40)52(38-64)60(37-47)66-57-30-26-45(41-18-9-3-10-19-41)34-50(57)51-35-46(27-31-58(51)66)42-20-11-4-12-21-42/h1-37H. The van der Waals surface area contributed by atoms with Gasteiger partial charge in [0.15, 0.2) is 0 Å². The minimum Gasteiger partial charge on any atom is -0.308 e. The maximum atomic E-state index is 16.2. The highest BCUT2D eigenvalue weighted by atomic mass is 19.1. The van der Waals surface area contributed by atoms with E-state index in [9.17, 15) is 5.26 Å². The number of aromatic nitrogens is 2. The number of hydrogen-bond donors (Lipinski definition) is 0. The summed E-state index contributed by atoms with van der Waals surface area (Å²) in [6, 6.07) is 76.7. The van der Waals surface area contributed by atoms with Crippen LogP contribution in [-0.2, 0) is 0 Å². The molecule has 0 radical (unpaired) electrons. The van der Waals surface area contributed by atoms with Crippen molar-refractivity contribution in [3.8, 4) is 73.1 Å². The first-order chi connectivity index (χ1) is 32.5. The zero-order valence-electron chi connectivity index (χ0n) is 35.5. The Kier molecular flexibility index (Phi) is 9.25. The lowest BCUT2D eigenvalue weighted by molar-refractivity contribution is 0.589. The Morgan fingerprint density at radius 2 is 0.606 bits per heavy atom. The highest BCUT2D eigenvalue weighted by Crippen LogP contribution is 2.44. The number of nitrogens with zero attached hydrogens (tertiary/aromatic N) is 3. The monoisotopic (exact) mass is 849 g/mol. The molecule has 10 aromatic carbocycles. The summed E-state index contributed by atoms with van der Waals surface area (Å²) in [5.74, 6) is -1.39. The van der Waals surface area contributed by atoms with Gasteiger partial charge in [0, 0.05) is 21.5 Å². The number of halogens is 2. The molecule has 0 bridgehead atoms. The molecule has 0 spiro atoms. The molecular weight excluding hydrogens is 813 g/mol. The summed E-state index contributed by atoms with van der Waals surface area (Å²) in [5, 5.41) is 15.5. The van der Waals surface area contributed by atoms with Crippen LogP contribution in [-0.4, -0.2) is 9.13 Å². The van der Waals surface area contributed by atoms with E-state index < -0.39 is 11.6 Å². The highest BCUT2D eigenvalue weighted by molar-refractivity contribution is 6.14. The molecule has 0 unspecified atom stereocenters. The van der Waals surface area contributed by atoms with Gasteiger partial charge in [-0.15, -0.1) is 0 Å². The molecule has 2 heterocycles. The van der Waals surface area contributed by atoms with Gasteiger partial charge >= 0.3 is 0 Å². The lowest BCUT2D eigenvalue weighted by Gasteiger charge is -2.19. The fourth-order valence-corrected chi connectivity index (χ4v) is 9.80. The van der Waals surface area contributed by atoms with Gasteiger partial charge in [0.25, 0.3) is 0 Å². The van der Waals surface area contributed by atoms with Gasteiger partial charge in [0.2, 0.25) is 0 Å². The Morgan fingerprint density at radius 1 is 0.303 bits per heavy atom. The fraction of sp³-hybridized carbons (Fsp3) is 0. The van der Waals surface area contributed by atoms with Crippen LogP contribution >= 0.6 is 0 Å². The minimum absolute atomic E-state index is 0.165. The molecule has 66 heavy (non-hydrogen) atoms. The average Bonchev–Trinajstić information content (AvgIpc) is 3.88. The Hall–Kier alpha value is -8.85. The predicted octanol–water partition coefficient (Wildman–Crippen LogP) is 16.4. The molecule has 0 atom stereocenters. The Bertz CT molecular complexity index is 3450. The topological polar surface area (TPSA) is 33.6 Å². The van der Waals surface area contributed by atoms with Crippen LogP contribution in [0.5, 0.6) is 0 Å². The second-order valence-corrected chi connectivity index (χ2v) is 16.7. The Morgan fingerprint density at radius 3 is 0.894 bits per heavy atom. The molecule has 0 amide bonds. The normalized spacial score (nSPS) is 11.5. The number of rotatable bonds is 7. The number of benzene rings is 10. The molecule has 0 N–H and O–H groups in total. The molecule has 0 saturated heterocycles. The number of nitriles is 1. The van der Waals surface area contributed by atoms with E-state index in [1.807, 2.05) is 72.8 Å². The molecule has 310 valence electrons. The van der Waals surface area contributed by atoms with Gasteiger partial charge in [-0.3, -0.25) is 0 Å².